The quantitative estimate of drug-likeness (QED) is 0.564. The van der Waals surface area contributed by atoms with E-state index in [9.17, 15) is 18.0 Å². The van der Waals surface area contributed by atoms with Crippen LogP contribution in [0.25, 0.3) is 0 Å². The predicted molar refractivity (Wildman–Crippen MR) is 137 cm³/mol. The standard InChI is InChI=1S/C24H27BrClN3O4S/c1-3-23(30)29-10-8-16-11-19(25)22(13-21(16)29)34(32,33)28-9-4-5-17(14-28)24(31)27-20-12-18(26)7-6-15(20)2/h6-7,11-13,17H,3-5,8-10,14H2,1-2H3,(H,27,31)/t17-/m0/s1. The van der Waals surface area contributed by atoms with E-state index in [-0.39, 0.29) is 23.3 Å². The summed E-state index contributed by atoms with van der Waals surface area (Å²) in [5.41, 5.74) is 3.10. The number of carbonyl (C=O) groups excluding carboxylic acids is 2. The van der Waals surface area contributed by atoms with Crippen molar-refractivity contribution in [1.82, 2.24) is 4.31 Å². The fourth-order valence-corrected chi connectivity index (χ4v) is 7.28. The van der Waals surface area contributed by atoms with Crippen molar-refractivity contribution in [2.75, 3.05) is 29.9 Å². The Morgan fingerprint density at radius 2 is 1.97 bits per heavy atom. The molecule has 7 nitrogen and oxygen atoms in total. The van der Waals surface area contributed by atoms with E-state index in [4.69, 9.17) is 11.6 Å². The fourth-order valence-electron chi connectivity index (χ4n) is 4.51. The number of anilines is 2. The predicted octanol–water partition coefficient (Wildman–Crippen LogP) is 4.75. The van der Waals surface area contributed by atoms with Gasteiger partial charge in [-0.3, -0.25) is 9.59 Å². The summed E-state index contributed by atoms with van der Waals surface area (Å²) in [5, 5.41) is 3.42. The highest BCUT2D eigenvalue weighted by Crippen LogP contribution is 2.37. The summed E-state index contributed by atoms with van der Waals surface area (Å²) in [6, 6.07) is 8.66. The van der Waals surface area contributed by atoms with Gasteiger partial charge in [0.15, 0.2) is 0 Å². The van der Waals surface area contributed by atoms with Crippen LogP contribution in [0.15, 0.2) is 39.7 Å². The molecule has 0 aromatic heterocycles. The molecular weight excluding hydrogens is 542 g/mol. The van der Waals surface area contributed by atoms with E-state index in [1.165, 1.54) is 4.31 Å². The number of nitrogens with zero attached hydrogens (tertiary/aromatic N) is 2. The highest BCUT2D eigenvalue weighted by molar-refractivity contribution is 9.10. The van der Waals surface area contributed by atoms with Gasteiger partial charge in [0.1, 0.15) is 0 Å². The van der Waals surface area contributed by atoms with E-state index in [0.717, 1.165) is 11.1 Å². The van der Waals surface area contributed by atoms with Gasteiger partial charge in [0.25, 0.3) is 0 Å². The molecule has 10 heteroatoms. The molecule has 2 aliphatic rings. The zero-order chi connectivity index (χ0) is 24.6. The van der Waals surface area contributed by atoms with Gasteiger partial charge in [-0.1, -0.05) is 24.6 Å². The first-order chi connectivity index (χ1) is 16.1. The normalized spacial score (nSPS) is 18.6. The molecule has 1 N–H and O–H groups in total. The lowest BCUT2D eigenvalue weighted by molar-refractivity contribution is -0.121. The van der Waals surface area contributed by atoms with Crippen LogP contribution in [-0.4, -0.2) is 44.2 Å². The van der Waals surface area contributed by atoms with Crippen LogP contribution in [0.2, 0.25) is 5.02 Å². The number of aryl methyl sites for hydroxylation is 1. The Bertz CT molecular complexity index is 1250. The molecule has 1 saturated heterocycles. The highest BCUT2D eigenvalue weighted by atomic mass is 79.9. The van der Waals surface area contributed by atoms with Crippen molar-refractivity contribution in [3.05, 3.63) is 51.0 Å². The van der Waals surface area contributed by atoms with Gasteiger partial charge in [-0.05, 0) is 77.5 Å². The zero-order valence-corrected chi connectivity index (χ0v) is 22.3. The summed E-state index contributed by atoms with van der Waals surface area (Å²) < 4.78 is 29.1. The molecule has 2 aromatic rings. The maximum Gasteiger partial charge on any atom is 0.244 e. The number of nitrogens with one attached hydrogen (secondary N) is 1. The minimum atomic E-state index is -3.88. The van der Waals surface area contributed by atoms with Gasteiger partial charge in [0.05, 0.1) is 10.8 Å². The lowest BCUT2D eigenvalue weighted by Crippen LogP contribution is -2.43. The molecule has 1 fully saturated rings. The Morgan fingerprint density at radius 3 is 2.71 bits per heavy atom. The Hall–Kier alpha value is -1.94. The number of rotatable bonds is 5. The summed E-state index contributed by atoms with van der Waals surface area (Å²) in [6.45, 7) is 4.65. The van der Waals surface area contributed by atoms with Crippen molar-refractivity contribution in [1.29, 1.82) is 0 Å². The molecule has 4 rings (SSSR count). The summed E-state index contributed by atoms with van der Waals surface area (Å²) in [4.78, 5) is 27.1. The monoisotopic (exact) mass is 567 g/mol. The smallest absolute Gasteiger partial charge is 0.244 e. The molecule has 2 amide bonds. The van der Waals surface area contributed by atoms with Gasteiger partial charge in [-0.2, -0.15) is 4.31 Å². The third-order valence-electron chi connectivity index (χ3n) is 6.46. The number of piperidine rings is 1. The molecule has 2 heterocycles. The first-order valence-electron chi connectivity index (χ1n) is 11.3. The minimum Gasteiger partial charge on any atom is -0.326 e. The summed E-state index contributed by atoms with van der Waals surface area (Å²) in [7, 11) is -3.88. The van der Waals surface area contributed by atoms with Gasteiger partial charge >= 0.3 is 0 Å². The van der Waals surface area contributed by atoms with Gasteiger partial charge in [0.2, 0.25) is 21.8 Å². The van der Waals surface area contributed by atoms with E-state index in [2.05, 4.69) is 21.2 Å². The van der Waals surface area contributed by atoms with Gasteiger partial charge in [-0.15, -0.1) is 0 Å². The van der Waals surface area contributed by atoms with Gasteiger partial charge in [-0.25, -0.2) is 8.42 Å². The van der Waals surface area contributed by atoms with Crippen LogP contribution < -0.4 is 10.2 Å². The third-order valence-corrected chi connectivity index (χ3v) is 9.52. The van der Waals surface area contributed by atoms with Crippen molar-refractivity contribution < 1.29 is 18.0 Å². The lowest BCUT2D eigenvalue weighted by Gasteiger charge is -2.32. The van der Waals surface area contributed by atoms with Crippen molar-refractivity contribution in [2.24, 2.45) is 5.92 Å². The largest absolute Gasteiger partial charge is 0.326 e. The van der Waals surface area contributed by atoms with Crippen LogP contribution in [0, 0.1) is 12.8 Å². The van der Waals surface area contributed by atoms with Gasteiger partial charge < -0.3 is 10.2 Å². The van der Waals surface area contributed by atoms with E-state index in [1.54, 1.807) is 36.1 Å². The molecule has 0 saturated carbocycles. The number of carbonyl (C=O) groups is 2. The molecule has 2 aromatic carbocycles. The van der Waals surface area contributed by atoms with E-state index in [0.29, 0.717) is 59.6 Å². The molecule has 0 bridgehead atoms. The second-order valence-electron chi connectivity index (χ2n) is 8.71. The van der Waals surface area contributed by atoms with Crippen LogP contribution in [0.1, 0.15) is 37.3 Å². The zero-order valence-electron chi connectivity index (χ0n) is 19.1. The van der Waals surface area contributed by atoms with Crippen molar-refractivity contribution in [3.8, 4) is 0 Å². The van der Waals surface area contributed by atoms with Crippen LogP contribution >= 0.6 is 27.5 Å². The summed E-state index contributed by atoms with van der Waals surface area (Å²) >= 11 is 9.49. The SMILES string of the molecule is CCC(=O)N1CCc2cc(Br)c(S(=O)(=O)N3CCC[C@H](C(=O)Nc4cc(Cl)ccc4C)C3)cc21. The third kappa shape index (κ3) is 4.89. The molecule has 0 radical (unpaired) electrons. The summed E-state index contributed by atoms with van der Waals surface area (Å²) in [5.74, 6) is -0.735. The molecule has 0 unspecified atom stereocenters. The minimum absolute atomic E-state index is 0.0320. The summed E-state index contributed by atoms with van der Waals surface area (Å²) in [6.07, 6.45) is 2.22. The molecule has 2 aliphatic heterocycles. The molecule has 0 spiro atoms. The number of hydrogen-bond acceptors (Lipinski definition) is 4. The Morgan fingerprint density at radius 1 is 1.21 bits per heavy atom. The van der Waals surface area contributed by atoms with Crippen molar-refractivity contribution >= 4 is 60.7 Å². The van der Waals surface area contributed by atoms with Crippen LogP contribution in [0.3, 0.4) is 0 Å². The van der Waals surface area contributed by atoms with Crippen molar-refractivity contribution in [2.45, 2.75) is 44.4 Å². The Labute approximate surface area is 213 Å². The molecule has 34 heavy (non-hydrogen) atoms. The first kappa shape index (κ1) is 25.2. The van der Waals surface area contributed by atoms with Crippen LogP contribution in [0.4, 0.5) is 11.4 Å². The van der Waals surface area contributed by atoms with Crippen molar-refractivity contribution in [3.63, 3.8) is 0 Å². The van der Waals surface area contributed by atoms with Crippen LogP contribution in [-0.2, 0) is 26.0 Å². The average molecular weight is 569 g/mol. The second-order valence-corrected chi connectivity index (χ2v) is 11.9. The fraction of sp³-hybridized carbons (Fsp3) is 0.417. The van der Waals surface area contributed by atoms with Gasteiger partial charge in [0, 0.05) is 46.9 Å². The maximum atomic E-state index is 13.6. The number of halogens is 2. The molecular formula is C24H27BrClN3O4S. The Balaban J connectivity index is 1.57. The molecule has 0 aliphatic carbocycles. The average Bonchev–Trinajstić information content (AvgIpc) is 3.23. The van der Waals surface area contributed by atoms with E-state index >= 15 is 0 Å². The number of amides is 2. The maximum absolute atomic E-state index is 13.6. The number of fused-ring (bicyclic) bond motifs is 1. The Kier molecular flexibility index (Phi) is 7.38. The highest BCUT2D eigenvalue weighted by Gasteiger charge is 2.36. The number of sulfonamides is 1. The van der Waals surface area contributed by atoms with Crippen LogP contribution in [0.5, 0.6) is 0 Å². The number of hydrogen-bond donors (Lipinski definition) is 1. The molecule has 1 atom stereocenters. The van der Waals surface area contributed by atoms with E-state index in [1.807, 2.05) is 13.0 Å². The topological polar surface area (TPSA) is 86.8 Å². The number of benzene rings is 2. The second kappa shape index (κ2) is 9.97. The molecule has 182 valence electrons. The van der Waals surface area contributed by atoms with E-state index < -0.39 is 15.9 Å². The lowest BCUT2D eigenvalue weighted by atomic mass is 9.98. The first-order valence-corrected chi connectivity index (χ1v) is 13.9.